The summed E-state index contributed by atoms with van der Waals surface area (Å²) in [4.78, 5) is 0. The first kappa shape index (κ1) is 9.72. The molecule has 2 atom stereocenters. The molecule has 1 nitrogen and oxygen atoms in total. The van der Waals surface area contributed by atoms with Crippen molar-refractivity contribution in [1.82, 2.24) is 5.32 Å². The fourth-order valence-electron chi connectivity index (χ4n) is 2.65. The Morgan fingerprint density at radius 1 is 1.43 bits per heavy atom. The van der Waals surface area contributed by atoms with Crippen LogP contribution in [0.5, 0.6) is 0 Å². The second kappa shape index (κ2) is 3.39. The lowest BCUT2D eigenvalue weighted by Gasteiger charge is -2.19. The van der Waals surface area contributed by atoms with Gasteiger partial charge in [-0.05, 0) is 37.4 Å². The zero-order valence-corrected chi connectivity index (χ0v) is 9.30. The molecule has 1 fully saturated rings. The second-order valence-corrected chi connectivity index (χ2v) is 4.61. The SMILES string of the molecule is CNCC1(c2ccccc2C)CC1C. The van der Waals surface area contributed by atoms with Crippen molar-refractivity contribution in [3.63, 3.8) is 0 Å². The molecule has 0 bridgehead atoms. The molecular weight excluding hydrogens is 170 g/mol. The Labute approximate surface area is 86.5 Å². The Morgan fingerprint density at radius 2 is 2.07 bits per heavy atom. The summed E-state index contributed by atoms with van der Waals surface area (Å²) < 4.78 is 0. The molecule has 0 saturated heterocycles. The Hall–Kier alpha value is -0.820. The van der Waals surface area contributed by atoms with Crippen LogP contribution >= 0.6 is 0 Å². The monoisotopic (exact) mass is 189 g/mol. The molecule has 0 radical (unpaired) electrons. The van der Waals surface area contributed by atoms with E-state index in [2.05, 4.69) is 43.4 Å². The summed E-state index contributed by atoms with van der Waals surface area (Å²) in [5.41, 5.74) is 3.41. The van der Waals surface area contributed by atoms with Crippen molar-refractivity contribution in [2.75, 3.05) is 13.6 Å². The van der Waals surface area contributed by atoms with Crippen LogP contribution in [0, 0.1) is 12.8 Å². The van der Waals surface area contributed by atoms with Gasteiger partial charge < -0.3 is 5.32 Å². The largest absolute Gasteiger partial charge is 0.319 e. The van der Waals surface area contributed by atoms with Crippen LogP contribution in [0.15, 0.2) is 24.3 Å². The maximum Gasteiger partial charge on any atom is 0.0109 e. The average Bonchev–Trinajstić information content (AvgIpc) is 2.79. The first-order chi connectivity index (χ1) is 6.70. The Bertz CT molecular complexity index is 332. The molecule has 14 heavy (non-hydrogen) atoms. The molecule has 2 unspecified atom stereocenters. The van der Waals surface area contributed by atoms with E-state index in [4.69, 9.17) is 0 Å². The average molecular weight is 189 g/mol. The van der Waals surface area contributed by atoms with E-state index in [1.165, 1.54) is 12.0 Å². The van der Waals surface area contributed by atoms with E-state index in [9.17, 15) is 0 Å². The zero-order chi connectivity index (χ0) is 10.2. The van der Waals surface area contributed by atoms with Gasteiger partial charge in [0.05, 0.1) is 0 Å². The van der Waals surface area contributed by atoms with Crippen LogP contribution in [0.25, 0.3) is 0 Å². The lowest BCUT2D eigenvalue weighted by molar-refractivity contribution is 0.578. The molecule has 0 heterocycles. The van der Waals surface area contributed by atoms with E-state index in [1.807, 2.05) is 7.05 Å². The summed E-state index contributed by atoms with van der Waals surface area (Å²) in [5, 5.41) is 3.33. The number of likely N-dealkylation sites (N-methyl/N-ethyl adjacent to an activating group) is 1. The summed E-state index contributed by atoms with van der Waals surface area (Å²) in [6.07, 6.45) is 1.33. The molecule has 1 heteroatoms. The summed E-state index contributed by atoms with van der Waals surface area (Å²) in [5.74, 6) is 0.830. The van der Waals surface area contributed by atoms with Crippen LogP contribution in [0.4, 0.5) is 0 Å². The molecular formula is C13H19N. The van der Waals surface area contributed by atoms with Crippen molar-refractivity contribution in [3.8, 4) is 0 Å². The van der Waals surface area contributed by atoms with E-state index < -0.39 is 0 Å². The molecule has 2 rings (SSSR count). The highest BCUT2D eigenvalue weighted by molar-refractivity contribution is 5.39. The maximum atomic E-state index is 3.33. The number of hydrogen-bond acceptors (Lipinski definition) is 1. The van der Waals surface area contributed by atoms with Gasteiger partial charge in [-0.15, -0.1) is 0 Å². The van der Waals surface area contributed by atoms with Gasteiger partial charge >= 0.3 is 0 Å². The maximum absolute atomic E-state index is 3.33. The normalized spacial score (nSPS) is 30.4. The highest BCUT2D eigenvalue weighted by Crippen LogP contribution is 2.54. The van der Waals surface area contributed by atoms with Crippen molar-refractivity contribution in [2.24, 2.45) is 5.92 Å². The molecule has 1 aliphatic carbocycles. The molecule has 0 amide bonds. The summed E-state index contributed by atoms with van der Waals surface area (Å²) in [7, 11) is 2.05. The van der Waals surface area contributed by atoms with Gasteiger partial charge in [-0.2, -0.15) is 0 Å². The second-order valence-electron chi connectivity index (χ2n) is 4.61. The first-order valence-electron chi connectivity index (χ1n) is 5.41. The fourth-order valence-corrected chi connectivity index (χ4v) is 2.65. The van der Waals surface area contributed by atoms with Crippen molar-refractivity contribution in [2.45, 2.75) is 25.7 Å². The molecule has 0 aliphatic heterocycles. The Kier molecular flexibility index (Phi) is 2.36. The zero-order valence-electron chi connectivity index (χ0n) is 9.30. The van der Waals surface area contributed by atoms with Crippen LogP contribution in [0.3, 0.4) is 0 Å². The predicted molar refractivity (Wildman–Crippen MR) is 60.6 cm³/mol. The minimum absolute atomic E-state index is 0.431. The van der Waals surface area contributed by atoms with Gasteiger partial charge in [0.15, 0.2) is 0 Å². The van der Waals surface area contributed by atoms with Gasteiger partial charge in [-0.1, -0.05) is 31.2 Å². The van der Waals surface area contributed by atoms with E-state index in [0.29, 0.717) is 5.41 Å². The van der Waals surface area contributed by atoms with Crippen molar-refractivity contribution >= 4 is 0 Å². The third kappa shape index (κ3) is 1.36. The summed E-state index contributed by atoms with van der Waals surface area (Å²) >= 11 is 0. The van der Waals surface area contributed by atoms with Crippen LogP contribution < -0.4 is 5.32 Å². The summed E-state index contributed by atoms with van der Waals surface area (Å²) in [6.45, 7) is 5.68. The minimum Gasteiger partial charge on any atom is -0.319 e. The molecule has 0 aromatic heterocycles. The smallest absolute Gasteiger partial charge is 0.0109 e. The highest BCUT2D eigenvalue weighted by Gasteiger charge is 2.51. The number of hydrogen-bond donors (Lipinski definition) is 1. The molecule has 1 aromatic rings. The fraction of sp³-hybridized carbons (Fsp3) is 0.538. The number of benzene rings is 1. The first-order valence-corrected chi connectivity index (χ1v) is 5.41. The Balaban J connectivity index is 2.34. The van der Waals surface area contributed by atoms with Gasteiger partial charge in [-0.3, -0.25) is 0 Å². The highest BCUT2D eigenvalue weighted by atomic mass is 14.9. The molecule has 0 spiro atoms. The minimum atomic E-state index is 0.431. The predicted octanol–water partition coefficient (Wildman–Crippen LogP) is 2.49. The molecule has 1 saturated carbocycles. The van der Waals surface area contributed by atoms with E-state index in [-0.39, 0.29) is 0 Å². The molecule has 76 valence electrons. The van der Waals surface area contributed by atoms with Crippen LogP contribution in [-0.4, -0.2) is 13.6 Å². The molecule has 1 aliphatic rings. The lowest BCUT2D eigenvalue weighted by atomic mass is 9.90. The van der Waals surface area contributed by atoms with Crippen LogP contribution in [0.2, 0.25) is 0 Å². The number of aryl methyl sites for hydroxylation is 1. The lowest BCUT2D eigenvalue weighted by Crippen LogP contribution is -2.26. The van der Waals surface area contributed by atoms with Crippen molar-refractivity contribution in [3.05, 3.63) is 35.4 Å². The Morgan fingerprint density at radius 3 is 2.57 bits per heavy atom. The third-order valence-corrected chi connectivity index (χ3v) is 3.63. The van der Waals surface area contributed by atoms with Crippen LogP contribution in [0.1, 0.15) is 24.5 Å². The quantitative estimate of drug-likeness (QED) is 0.770. The summed E-state index contributed by atoms with van der Waals surface area (Å²) in [6, 6.07) is 8.79. The van der Waals surface area contributed by atoms with Gasteiger partial charge in [0, 0.05) is 12.0 Å². The van der Waals surface area contributed by atoms with Gasteiger partial charge in [-0.25, -0.2) is 0 Å². The van der Waals surface area contributed by atoms with Crippen molar-refractivity contribution in [1.29, 1.82) is 0 Å². The molecule has 1 N–H and O–H groups in total. The van der Waals surface area contributed by atoms with Crippen molar-refractivity contribution < 1.29 is 0 Å². The number of rotatable bonds is 3. The molecule has 1 aromatic carbocycles. The van der Waals surface area contributed by atoms with Gasteiger partial charge in [0.25, 0.3) is 0 Å². The van der Waals surface area contributed by atoms with Gasteiger partial charge in [0.1, 0.15) is 0 Å². The van der Waals surface area contributed by atoms with E-state index >= 15 is 0 Å². The van der Waals surface area contributed by atoms with Crippen LogP contribution in [-0.2, 0) is 5.41 Å². The van der Waals surface area contributed by atoms with E-state index in [0.717, 1.165) is 12.5 Å². The van der Waals surface area contributed by atoms with Gasteiger partial charge in [0.2, 0.25) is 0 Å². The topological polar surface area (TPSA) is 12.0 Å². The third-order valence-electron chi connectivity index (χ3n) is 3.63. The van der Waals surface area contributed by atoms with E-state index in [1.54, 1.807) is 5.56 Å². The standard InChI is InChI=1S/C13H19N/c1-10-6-4-5-7-12(10)13(9-14-3)8-11(13)2/h4-7,11,14H,8-9H2,1-3H3. The number of nitrogens with one attached hydrogen (secondary N) is 1.